The summed E-state index contributed by atoms with van der Waals surface area (Å²) in [6, 6.07) is 0. The first kappa shape index (κ1) is 31.3. The van der Waals surface area contributed by atoms with Crippen molar-refractivity contribution in [2.45, 2.75) is 70.2 Å². The maximum Gasteiger partial charge on any atom is 0.308 e. The Balaban J connectivity index is 1.38. The largest absolute Gasteiger partial charge is 0.457 e. The van der Waals surface area contributed by atoms with E-state index in [0.717, 1.165) is 0 Å². The third kappa shape index (κ3) is 5.14. The highest BCUT2D eigenvalue weighted by Gasteiger charge is 2.75. The van der Waals surface area contributed by atoms with Crippen molar-refractivity contribution in [1.29, 1.82) is 0 Å². The molecule has 0 unspecified atom stereocenters. The predicted octanol–water partition coefficient (Wildman–Crippen LogP) is 3.18. The lowest BCUT2D eigenvalue weighted by Gasteiger charge is -2.62. The summed E-state index contributed by atoms with van der Waals surface area (Å²) in [6.45, 7) is 5.58. The molecule has 8 atom stereocenters. The highest BCUT2D eigenvalue weighted by atomic mass is 19.1. The molecule has 0 radical (unpaired) electrons. The van der Waals surface area contributed by atoms with E-state index >= 15 is 4.39 Å². The molecular formula is C29H40FN3O8. The third-order valence-corrected chi connectivity index (χ3v) is 10.2. The summed E-state index contributed by atoms with van der Waals surface area (Å²) in [5, 5.41) is 26.7. The molecule has 4 rings (SSSR count). The van der Waals surface area contributed by atoms with Crippen LogP contribution in [-0.2, 0) is 28.6 Å². The molecule has 3 fully saturated rings. The topological polar surface area (TPSA) is 168 Å². The second kappa shape index (κ2) is 11.9. The number of Topliss-reactive ketones (excluding diaryl/α,β-unsaturated/α-hetero) is 1. The van der Waals surface area contributed by atoms with Crippen molar-refractivity contribution in [3.8, 4) is 0 Å². The zero-order chi connectivity index (χ0) is 30.1. The van der Waals surface area contributed by atoms with Crippen LogP contribution in [0.15, 0.2) is 28.9 Å². The van der Waals surface area contributed by atoms with Gasteiger partial charge in [-0.3, -0.25) is 14.4 Å². The van der Waals surface area contributed by atoms with Gasteiger partial charge in [0.05, 0.1) is 39.0 Å². The van der Waals surface area contributed by atoms with Crippen molar-refractivity contribution in [2.24, 2.45) is 33.7 Å². The summed E-state index contributed by atoms with van der Waals surface area (Å²) < 4.78 is 32.9. The lowest BCUT2D eigenvalue weighted by Crippen LogP contribution is -2.69. The minimum absolute atomic E-state index is 0.0505. The van der Waals surface area contributed by atoms with Crippen LogP contribution in [0.1, 0.15) is 52.9 Å². The van der Waals surface area contributed by atoms with E-state index in [9.17, 15) is 24.6 Å². The molecule has 41 heavy (non-hydrogen) atoms. The number of halogens is 1. The molecule has 3 saturated carbocycles. The number of esters is 1. The maximum atomic E-state index is 17.2. The minimum atomic E-state index is -2.06. The monoisotopic (exact) mass is 577 g/mol. The van der Waals surface area contributed by atoms with Crippen molar-refractivity contribution >= 4 is 17.5 Å². The Hall–Kier alpha value is -2.63. The number of nitrogens with zero attached hydrogens (tertiary/aromatic N) is 3. The molecule has 0 saturated heterocycles. The van der Waals surface area contributed by atoms with E-state index in [4.69, 9.17) is 19.7 Å². The number of ether oxygens (including phenoxy) is 3. The van der Waals surface area contributed by atoms with Crippen LogP contribution in [0.4, 0.5) is 4.39 Å². The quantitative estimate of drug-likeness (QED) is 0.117. The zero-order valence-electron chi connectivity index (χ0n) is 23.9. The average Bonchev–Trinajstić information content (AvgIpc) is 3.13. The Bertz CT molecular complexity index is 1170. The number of alkyl halides is 1. The van der Waals surface area contributed by atoms with Crippen molar-refractivity contribution in [3.63, 3.8) is 0 Å². The molecule has 4 aliphatic rings. The lowest BCUT2D eigenvalue weighted by molar-refractivity contribution is -0.220. The smallest absolute Gasteiger partial charge is 0.308 e. The van der Waals surface area contributed by atoms with Crippen molar-refractivity contribution < 1.29 is 43.2 Å². The van der Waals surface area contributed by atoms with Crippen LogP contribution in [-0.4, -0.2) is 84.7 Å². The first-order valence-electron chi connectivity index (χ1n) is 14.2. The van der Waals surface area contributed by atoms with Crippen LogP contribution in [0.2, 0.25) is 0 Å². The number of azide groups is 1. The van der Waals surface area contributed by atoms with Gasteiger partial charge in [-0.25, -0.2) is 4.39 Å². The van der Waals surface area contributed by atoms with Gasteiger partial charge in [0.15, 0.2) is 18.1 Å². The Morgan fingerprint density at radius 1 is 1.20 bits per heavy atom. The zero-order valence-corrected chi connectivity index (χ0v) is 23.9. The van der Waals surface area contributed by atoms with Crippen LogP contribution in [0.5, 0.6) is 0 Å². The van der Waals surface area contributed by atoms with Gasteiger partial charge in [-0.05, 0) is 62.1 Å². The number of allylic oxidation sites excluding steroid dienone is 4. The van der Waals surface area contributed by atoms with Gasteiger partial charge in [0, 0.05) is 28.2 Å². The lowest BCUT2D eigenvalue weighted by atomic mass is 9.44. The van der Waals surface area contributed by atoms with Crippen LogP contribution >= 0.6 is 0 Å². The van der Waals surface area contributed by atoms with Gasteiger partial charge in [-0.1, -0.05) is 30.6 Å². The van der Waals surface area contributed by atoms with Gasteiger partial charge in [-0.2, -0.15) is 0 Å². The first-order chi connectivity index (χ1) is 19.4. The standard InChI is InChI=1S/C29H40FN3O8/c1-18-14-22-21-5-4-19-15-20(34)6-8-26(19,2)28(21,30)23(35)16-27(22,3)29(18,38)24(36)17-41-25(37)7-10-39-12-13-40-11-9-32-33-31/h6,8,15,18,21-23,35,38H,4-5,7,9-14,16-17H2,1-3H3/t18-,21+,22+,23+,26+,27+,28+,29+/m1/s1. The number of carbonyl (C=O) groups excluding carboxylic acids is 3. The molecule has 0 spiro atoms. The van der Waals surface area contributed by atoms with Gasteiger partial charge in [0.25, 0.3) is 0 Å². The van der Waals surface area contributed by atoms with Gasteiger partial charge in [-0.15, -0.1) is 0 Å². The number of fused-ring (bicyclic) bond motifs is 5. The second-order valence-electron chi connectivity index (χ2n) is 12.2. The Kier molecular flexibility index (Phi) is 9.11. The fraction of sp³-hybridized carbons (Fsp3) is 0.759. The molecule has 11 nitrogen and oxygen atoms in total. The fourth-order valence-electron chi connectivity index (χ4n) is 8.10. The number of ketones is 2. The van der Waals surface area contributed by atoms with Crippen LogP contribution < -0.4 is 0 Å². The molecule has 0 amide bonds. The van der Waals surface area contributed by atoms with E-state index in [0.29, 0.717) is 24.8 Å². The molecule has 0 bridgehead atoms. The molecule has 12 heteroatoms. The number of hydrogen-bond donors (Lipinski definition) is 2. The van der Waals surface area contributed by atoms with Crippen molar-refractivity contribution in [1.82, 2.24) is 0 Å². The summed E-state index contributed by atoms with van der Waals surface area (Å²) in [4.78, 5) is 40.4. The van der Waals surface area contributed by atoms with Crippen LogP contribution in [0.25, 0.3) is 10.4 Å². The molecule has 0 aromatic heterocycles. The van der Waals surface area contributed by atoms with Crippen LogP contribution in [0.3, 0.4) is 0 Å². The molecule has 0 aliphatic heterocycles. The van der Waals surface area contributed by atoms with Gasteiger partial charge < -0.3 is 24.4 Å². The molecule has 2 N–H and O–H groups in total. The van der Waals surface area contributed by atoms with Crippen LogP contribution in [0, 0.1) is 28.6 Å². The number of carbonyl (C=O) groups is 3. The first-order valence-corrected chi connectivity index (χ1v) is 14.2. The molecule has 4 aliphatic carbocycles. The predicted molar refractivity (Wildman–Crippen MR) is 144 cm³/mol. The average molecular weight is 578 g/mol. The van der Waals surface area contributed by atoms with E-state index in [1.165, 1.54) is 12.2 Å². The Morgan fingerprint density at radius 2 is 1.90 bits per heavy atom. The van der Waals surface area contributed by atoms with Gasteiger partial charge in [0.1, 0.15) is 5.60 Å². The van der Waals surface area contributed by atoms with Gasteiger partial charge >= 0.3 is 5.97 Å². The maximum absolute atomic E-state index is 17.2. The van der Waals surface area contributed by atoms with E-state index in [-0.39, 0.29) is 51.6 Å². The third-order valence-electron chi connectivity index (χ3n) is 10.2. The molecule has 0 aromatic rings. The summed E-state index contributed by atoms with van der Waals surface area (Å²) in [6.07, 6.45) is 3.93. The van der Waals surface area contributed by atoms with Crippen molar-refractivity contribution in [2.75, 3.05) is 39.6 Å². The van der Waals surface area contributed by atoms with E-state index in [1.807, 2.05) is 0 Å². The highest BCUT2D eigenvalue weighted by molar-refractivity contribution is 6.01. The number of hydrogen-bond acceptors (Lipinski definition) is 9. The number of aliphatic hydroxyl groups excluding tert-OH is 1. The summed E-state index contributed by atoms with van der Waals surface area (Å²) in [5.74, 6) is -3.11. The van der Waals surface area contributed by atoms with Crippen molar-refractivity contribution in [3.05, 3.63) is 34.2 Å². The summed E-state index contributed by atoms with van der Waals surface area (Å²) >= 11 is 0. The van der Waals surface area contributed by atoms with Gasteiger partial charge in [0.2, 0.25) is 5.78 Å². The molecule has 0 heterocycles. The number of rotatable bonds is 12. The second-order valence-corrected chi connectivity index (χ2v) is 12.2. The molecule has 0 aromatic carbocycles. The number of aliphatic hydroxyl groups is 2. The van der Waals surface area contributed by atoms with E-state index < -0.39 is 64.3 Å². The SMILES string of the molecule is C[C@@H]1C[C@H]2[C@@H]3CCC4=CC(=O)C=C[C@]4(C)[C@@]3(F)[C@@H](O)C[C@]2(C)[C@@]1(O)C(=O)COC(=O)CCOCCOCCN=[N+]=[N-]. The highest BCUT2D eigenvalue weighted by Crippen LogP contribution is 2.70. The fourth-order valence-corrected chi connectivity index (χ4v) is 8.10. The Labute approximate surface area is 238 Å². The normalized spacial score (nSPS) is 39.2. The minimum Gasteiger partial charge on any atom is -0.457 e. The molecular weight excluding hydrogens is 537 g/mol. The van der Waals surface area contributed by atoms with E-state index in [2.05, 4.69) is 10.0 Å². The summed E-state index contributed by atoms with van der Waals surface area (Å²) in [5.41, 5.74) is 2.59. The van der Waals surface area contributed by atoms with E-state index in [1.54, 1.807) is 26.8 Å². The summed E-state index contributed by atoms with van der Waals surface area (Å²) in [7, 11) is 0. The Morgan fingerprint density at radius 3 is 2.61 bits per heavy atom. The molecule has 226 valence electrons.